The van der Waals surface area contributed by atoms with E-state index in [-0.39, 0.29) is 11.2 Å². The Balaban J connectivity index is 3.11. The molecule has 0 aliphatic carbocycles. The van der Waals surface area contributed by atoms with Crippen LogP contribution in [0.4, 0.5) is 5.82 Å². The SMILES string of the molecule is Cc1nc(Cl)c(C=O)c(N(C)C(C)CC(C)C)n1. The summed E-state index contributed by atoms with van der Waals surface area (Å²) in [6.07, 6.45) is 1.74. The summed E-state index contributed by atoms with van der Waals surface area (Å²) in [5.41, 5.74) is 0.361. The first kappa shape index (κ1) is 14.9. The van der Waals surface area contributed by atoms with Crippen molar-refractivity contribution in [2.75, 3.05) is 11.9 Å². The third-order valence-corrected chi connectivity index (χ3v) is 3.20. The minimum absolute atomic E-state index is 0.219. The van der Waals surface area contributed by atoms with E-state index >= 15 is 0 Å². The quantitative estimate of drug-likeness (QED) is 0.609. The van der Waals surface area contributed by atoms with E-state index in [0.29, 0.717) is 23.1 Å². The summed E-state index contributed by atoms with van der Waals surface area (Å²) in [5.74, 6) is 1.76. The number of halogens is 1. The van der Waals surface area contributed by atoms with Crippen molar-refractivity contribution in [3.05, 3.63) is 16.5 Å². The van der Waals surface area contributed by atoms with Crippen LogP contribution in [0.25, 0.3) is 0 Å². The lowest BCUT2D eigenvalue weighted by Crippen LogP contribution is -2.32. The summed E-state index contributed by atoms with van der Waals surface area (Å²) in [4.78, 5) is 21.4. The first-order valence-electron chi connectivity index (χ1n) is 6.09. The topological polar surface area (TPSA) is 46.1 Å². The second-order valence-electron chi connectivity index (χ2n) is 5.01. The van der Waals surface area contributed by atoms with Crippen molar-refractivity contribution in [1.29, 1.82) is 0 Å². The minimum atomic E-state index is 0.219. The fourth-order valence-corrected chi connectivity index (χ4v) is 2.20. The number of nitrogens with zero attached hydrogens (tertiary/aromatic N) is 3. The van der Waals surface area contributed by atoms with Gasteiger partial charge in [-0.3, -0.25) is 4.79 Å². The molecule has 0 spiro atoms. The molecule has 0 fully saturated rings. The van der Waals surface area contributed by atoms with Crippen molar-refractivity contribution in [1.82, 2.24) is 9.97 Å². The van der Waals surface area contributed by atoms with Crippen molar-refractivity contribution in [3.63, 3.8) is 0 Å². The maximum absolute atomic E-state index is 11.1. The summed E-state index contributed by atoms with van der Waals surface area (Å²) in [6.45, 7) is 8.22. The molecule has 0 aliphatic rings. The standard InChI is InChI=1S/C13H20ClN3O/c1-8(2)6-9(3)17(5)13-11(7-18)12(14)15-10(4)16-13/h7-9H,6H2,1-5H3. The molecule has 0 bridgehead atoms. The number of hydrogen-bond donors (Lipinski definition) is 0. The van der Waals surface area contributed by atoms with E-state index in [1.54, 1.807) is 6.92 Å². The fourth-order valence-electron chi connectivity index (χ4n) is 1.95. The third kappa shape index (κ3) is 3.42. The molecule has 18 heavy (non-hydrogen) atoms. The van der Waals surface area contributed by atoms with Crippen LogP contribution in [0.2, 0.25) is 5.15 Å². The van der Waals surface area contributed by atoms with E-state index < -0.39 is 0 Å². The number of aromatic nitrogens is 2. The second kappa shape index (κ2) is 6.14. The largest absolute Gasteiger partial charge is 0.356 e. The molecule has 4 nitrogen and oxygen atoms in total. The van der Waals surface area contributed by atoms with E-state index in [1.807, 2.05) is 11.9 Å². The molecular weight excluding hydrogens is 250 g/mol. The Hall–Kier alpha value is -1.16. The van der Waals surface area contributed by atoms with Crippen molar-refractivity contribution in [3.8, 4) is 0 Å². The maximum atomic E-state index is 11.1. The summed E-state index contributed by atoms with van der Waals surface area (Å²) in [5, 5.41) is 0.219. The summed E-state index contributed by atoms with van der Waals surface area (Å²) >= 11 is 5.98. The first-order chi connectivity index (χ1) is 8.36. The Morgan fingerprint density at radius 2 is 1.94 bits per heavy atom. The van der Waals surface area contributed by atoms with Crippen LogP contribution in [0.15, 0.2) is 0 Å². The molecule has 0 aliphatic heterocycles. The normalized spacial score (nSPS) is 12.6. The highest BCUT2D eigenvalue weighted by molar-refractivity contribution is 6.32. The number of anilines is 1. The maximum Gasteiger partial charge on any atom is 0.156 e. The average Bonchev–Trinajstić information content (AvgIpc) is 2.26. The van der Waals surface area contributed by atoms with Crippen molar-refractivity contribution >= 4 is 23.7 Å². The van der Waals surface area contributed by atoms with E-state index in [1.165, 1.54) is 0 Å². The van der Waals surface area contributed by atoms with Gasteiger partial charge in [0.05, 0.1) is 5.56 Å². The van der Waals surface area contributed by atoms with Crippen LogP contribution in [0.3, 0.4) is 0 Å². The smallest absolute Gasteiger partial charge is 0.156 e. The Bertz CT molecular complexity index is 434. The molecule has 1 unspecified atom stereocenters. The van der Waals surface area contributed by atoms with E-state index in [0.717, 1.165) is 12.7 Å². The van der Waals surface area contributed by atoms with E-state index in [9.17, 15) is 4.79 Å². The van der Waals surface area contributed by atoms with E-state index in [2.05, 4.69) is 30.7 Å². The van der Waals surface area contributed by atoms with Crippen LogP contribution in [0.5, 0.6) is 0 Å². The molecule has 1 heterocycles. The second-order valence-corrected chi connectivity index (χ2v) is 5.36. The summed E-state index contributed by atoms with van der Waals surface area (Å²) < 4.78 is 0. The van der Waals surface area contributed by atoms with Crippen molar-refractivity contribution in [2.24, 2.45) is 5.92 Å². The number of rotatable bonds is 5. The van der Waals surface area contributed by atoms with Gasteiger partial charge in [0.15, 0.2) is 6.29 Å². The molecule has 0 saturated heterocycles. The van der Waals surface area contributed by atoms with Gasteiger partial charge in [0.2, 0.25) is 0 Å². The van der Waals surface area contributed by atoms with Crippen LogP contribution in [-0.2, 0) is 0 Å². The fraction of sp³-hybridized carbons (Fsp3) is 0.615. The van der Waals surface area contributed by atoms with Crippen LogP contribution in [0, 0.1) is 12.8 Å². The Labute approximate surface area is 113 Å². The molecule has 100 valence electrons. The molecule has 1 atom stereocenters. The lowest BCUT2D eigenvalue weighted by molar-refractivity contribution is 0.112. The Morgan fingerprint density at radius 1 is 1.33 bits per heavy atom. The van der Waals surface area contributed by atoms with Gasteiger partial charge in [0.25, 0.3) is 0 Å². The van der Waals surface area contributed by atoms with Gasteiger partial charge < -0.3 is 4.90 Å². The zero-order chi connectivity index (χ0) is 13.9. The van der Waals surface area contributed by atoms with Gasteiger partial charge in [-0.05, 0) is 26.2 Å². The molecule has 0 amide bonds. The molecule has 5 heteroatoms. The summed E-state index contributed by atoms with van der Waals surface area (Å²) in [7, 11) is 1.93. The molecule has 0 saturated carbocycles. The minimum Gasteiger partial charge on any atom is -0.356 e. The lowest BCUT2D eigenvalue weighted by Gasteiger charge is -2.28. The van der Waals surface area contributed by atoms with Gasteiger partial charge in [0, 0.05) is 13.1 Å². The highest BCUT2D eigenvalue weighted by Gasteiger charge is 2.19. The third-order valence-electron chi connectivity index (χ3n) is 2.92. The number of aryl methyl sites for hydroxylation is 1. The van der Waals surface area contributed by atoms with Gasteiger partial charge in [-0.2, -0.15) is 0 Å². The van der Waals surface area contributed by atoms with Gasteiger partial charge in [-0.1, -0.05) is 25.4 Å². The van der Waals surface area contributed by atoms with Crippen molar-refractivity contribution in [2.45, 2.75) is 40.2 Å². The monoisotopic (exact) mass is 269 g/mol. The predicted octanol–water partition coefficient (Wildman–Crippen LogP) is 3.12. The average molecular weight is 270 g/mol. The van der Waals surface area contributed by atoms with Crippen LogP contribution in [0.1, 0.15) is 43.4 Å². The molecule has 0 N–H and O–H groups in total. The van der Waals surface area contributed by atoms with E-state index in [4.69, 9.17) is 11.6 Å². The number of carbonyl (C=O) groups is 1. The Morgan fingerprint density at radius 3 is 2.44 bits per heavy atom. The molecule has 1 rings (SSSR count). The molecule has 0 radical (unpaired) electrons. The Kier molecular flexibility index (Phi) is 5.08. The summed E-state index contributed by atoms with van der Waals surface area (Å²) in [6, 6.07) is 0.286. The predicted molar refractivity (Wildman–Crippen MR) is 74.5 cm³/mol. The van der Waals surface area contributed by atoms with Gasteiger partial charge in [-0.15, -0.1) is 0 Å². The highest BCUT2D eigenvalue weighted by atomic mass is 35.5. The zero-order valence-electron chi connectivity index (χ0n) is 11.6. The highest BCUT2D eigenvalue weighted by Crippen LogP contribution is 2.24. The number of carbonyl (C=O) groups excluding carboxylic acids is 1. The number of hydrogen-bond acceptors (Lipinski definition) is 4. The molecule has 1 aromatic rings. The van der Waals surface area contributed by atoms with Crippen LogP contribution < -0.4 is 4.90 Å². The molecular formula is C13H20ClN3O. The van der Waals surface area contributed by atoms with Crippen molar-refractivity contribution < 1.29 is 4.79 Å². The molecule has 1 aromatic heterocycles. The van der Waals surface area contributed by atoms with Crippen LogP contribution >= 0.6 is 11.6 Å². The lowest BCUT2D eigenvalue weighted by atomic mass is 10.0. The van der Waals surface area contributed by atoms with Gasteiger partial charge >= 0.3 is 0 Å². The number of aldehydes is 1. The zero-order valence-corrected chi connectivity index (χ0v) is 12.3. The molecule has 0 aromatic carbocycles. The van der Waals surface area contributed by atoms with Crippen LogP contribution in [-0.4, -0.2) is 29.3 Å². The van der Waals surface area contributed by atoms with Gasteiger partial charge in [0.1, 0.15) is 16.8 Å². The first-order valence-corrected chi connectivity index (χ1v) is 6.46. The van der Waals surface area contributed by atoms with Gasteiger partial charge in [-0.25, -0.2) is 9.97 Å².